The molecular weight excluding hydrogens is 294 g/mol. The van der Waals surface area contributed by atoms with E-state index in [-0.39, 0.29) is 5.41 Å². The van der Waals surface area contributed by atoms with Crippen molar-refractivity contribution in [2.24, 2.45) is 0 Å². The smallest absolute Gasteiger partial charge is 0.135 e. The molecule has 2 aromatic heterocycles. The summed E-state index contributed by atoms with van der Waals surface area (Å²) >= 11 is 0. The fraction of sp³-hybridized carbons (Fsp3) is 0.227. The Labute approximate surface area is 142 Å². The number of benzene rings is 2. The second-order valence-corrected chi connectivity index (χ2v) is 7.44. The number of para-hydroxylation sites is 1. The first-order valence-corrected chi connectivity index (χ1v) is 8.32. The molecule has 0 saturated carbocycles. The monoisotopic (exact) mass is 315 g/mol. The van der Waals surface area contributed by atoms with Crippen LogP contribution in [0.3, 0.4) is 0 Å². The third kappa shape index (κ3) is 2.39. The van der Waals surface area contributed by atoms with E-state index in [0.29, 0.717) is 0 Å². The SMILES string of the molecule is Cc1cc2oc3ccccc3c2cc1-c1cc(C(C)(C)C)ccn1. The molecule has 0 N–H and O–H groups in total. The van der Waals surface area contributed by atoms with Crippen LogP contribution in [0.2, 0.25) is 0 Å². The third-order valence-electron chi connectivity index (χ3n) is 4.63. The van der Waals surface area contributed by atoms with Gasteiger partial charge in [-0.25, -0.2) is 0 Å². The summed E-state index contributed by atoms with van der Waals surface area (Å²) in [6.45, 7) is 8.80. The predicted octanol–water partition coefficient (Wildman–Crippen LogP) is 6.25. The topological polar surface area (TPSA) is 26.0 Å². The Balaban J connectivity index is 1.97. The number of rotatable bonds is 1. The zero-order chi connectivity index (χ0) is 16.9. The summed E-state index contributed by atoms with van der Waals surface area (Å²) in [4.78, 5) is 4.62. The van der Waals surface area contributed by atoms with Crippen molar-refractivity contribution < 1.29 is 4.42 Å². The summed E-state index contributed by atoms with van der Waals surface area (Å²) < 4.78 is 5.98. The van der Waals surface area contributed by atoms with Gasteiger partial charge in [0, 0.05) is 22.5 Å². The molecule has 120 valence electrons. The van der Waals surface area contributed by atoms with Gasteiger partial charge in [0.1, 0.15) is 11.2 Å². The molecule has 2 nitrogen and oxygen atoms in total. The Kier molecular flexibility index (Phi) is 3.24. The van der Waals surface area contributed by atoms with E-state index in [1.54, 1.807) is 0 Å². The highest BCUT2D eigenvalue weighted by Crippen LogP contribution is 2.35. The maximum atomic E-state index is 5.98. The minimum absolute atomic E-state index is 0.109. The van der Waals surface area contributed by atoms with Crippen molar-refractivity contribution in [3.05, 3.63) is 65.9 Å². The van der Waals surface area contributed by atoms with Crippen LogP contribution in [-0.4, -0.2) is 4.98 Å². The highest BCUT2D eigenvalue weighted by molar-refractivity contribution is 6.06. The molecule has 0 aliphatic rings. The standard InChI is InChI=1S/C22H21NO/c1-14-11-21-18(16-7-5-6-8-20(16)24-21)13-17(14)19-12-15(9-10-23-19)22(2,3)4/h5-13H,1-4H3. The number of hydrogen-bond donors (Lipinski definition) is 0. The van der Waals surface area contributed by atoms with Crippen LogP contribution < -0.4 is 0 Å². The molecule has 2 aromatic carbocycles. The summed E-state index contributed by atoms with van der Waals surface area (Å²) in [7, 11) is 0. The molecular formula is C22H21NO. The van der Waals surface area contributed by atoms with Gasteiger partial charge in [0.25, 0.3) is 0 Å². The lowest BCUT2D eigenvalue weighted by Crippen LogP contribution is -2.11. The van der Waals surface area contributed by atoms with Crippen LogP contribution in [0, 0.1) is 6.92 Å². The first-order chi connectivity index (χ1) is 11.4. The van der Waals surface area contributed by atoms with Gasteiger partial charge in [0.2, 0.25) is 0 Å². The van der Waals surface area contributed by atoms with Crippen LogP contribution in [-0.2, 0) is 5.41 Å². The Hall–Kier alpha value is -2.61. The van der Waals surface area contributed by atoms with Gasteiger partial charge in [-0.1, -0.05) is 39.0 Å². The van der Waals surface area contributed by atoms with E-state index in [1.807, 2.05) is 18.3 Å². The Morgan fingerprint density at radius 2 is 1.67 bits per heavy atom. The van der Waals surface area contributed by atoms with E-state index in [4.69, 9.17) is 4.42 Å². The van der Waals surface area contributed by atoms with E-state index in [2.05, 4.69) is 69.1 Å². The van der Waals surface area contributed by atoms with Crippen LogP contribution in [0.15, 0.2) is 59.1 Å². The van der Waals surface area contributed by atoms with Gasteiger partial charge in [-0.2, -0.15) is 0 Å². The fourth-order valence-electron chi connectivity index (χ4n) is 3.19. The minimum Gasteiger partial charge on any atom is -0.456 e. The van der Waals surface area contributed by atoms with Crippen molar-refractivity contribution in [3.63, 3.8) is 0 Å². The summed E-state index contributed by atoms with van der Waals surface area (Å²) in [6.07, 6.45) is 1.91. The van der Waals surface area contributed by atoms with Crippen LogP contribution in [0.25, 0.3) is 33.2 Å². The van der Waals surface area contributed by atoms with Crippen molar-refractivity contribution in [3.8, 4) is 11.3 Å². The zero-order valence-corrected chi connectivity index (χ0v) is 14.6. The van der Waals surface area contributed by atoms with Crippen molar-refractivity contribution in [1.29, 1.82) is 0 Å². The van der Waals surface area contributed by atoms with Crippen molar-refractivity contribution in [1.82, 2.24) is 4.98 Å². The van der Waals surface area contributed by atoms with Crippen molar-refractivity contribution in [2.45, 2.75) is 33.1 Å². The van der Waals surface area contributed by atoms with Gasteiger partial charge in [-0.05, 0) is 53.8 Å². The average Bonchev–Trinajstić information content (AvgIpc) is 2.90. The molecule has 4 rings (SSSR count). The third-order valence-corrected chi connectivity index (χ3v) is 4.63. The molecule has 0 fully saturated rings. The van der Waals surface area contributed by atoms with E-state index < -0.39 is 0 Å². The largest absolute Gasteiger partial charge is 0.456 e. The van der Waals surface area contributed by atoms with Crippen molar-refractivity contribution in [2.75, 3.05) is 0 Å². The molecule has 24 heavy (non-hydrogen) atoms. The second kappa shape index (κ2) is 5.20. The molecule has 0 aliphatic heterocycles. The van der Waals surface area contributed by atoms with E-state index in [9.17, 15) is 0 Å². The number of furan rings is 1. The number of aromatic nitrogens is 1. The molecule has 0 saturated heterocycles. The van der Waals surface area contributed by atoms with Crippen LogP contribution in [0.5, 0.6) is 0 Å². The first-order valence-electron chi connectivity index (χ1n) is 8.32. The maximum Gasteiger partial charge on any atom is 0.135 e. The lowest BCUT2D eigenvalue weighted by Gasteiger charge is -2.19. The number of hydrogen-bond acceptors (Lipinski definition) is 2. The quantitative estimate of drug-likeness (QED) is 0.414. The highest BCUT2D eigenvalue weighted by Gasteiger charge is 2.16. The van der Waals surface area contributed by atoms with Gasteiger partial charge in [0.15, 0.2) is 0 Å². The number of nitrogens with zero attached hydrogens (tertiary/aromatic N) is 1. The van der Waals surface area contributed by atoms with Gasteiger partial charge in [-0.15, -0.1) is 0 Å². The number of fused-ring (bicyclic) bond motifs is 3. The van der Waals surface area contributed by atoms with Gasteiger partial charge >= 0.3 is 0 Å². The van der Waals surface area contributed by atoms with Gasteiger partial charge in [0.05, 0.1) is 5.69 Å². The van der Waals surface area contributed by atoms with Crippen LogP contribution in [0.1, 0.15) is 31.9 Å². The molecule has 0 bridgehead atoms. The van der Waals surface area contributed by atoms with E-state index >= 15 is 0 Å². The Morgan fingerprint density at radius 3 is 2.46 bits per heavy atom. The minimum atomic E-state index is 0.109. The van der Waals surface area contributed by atoms with Gasteiger partial charge < -0.3 is 4.42 Å². The summed E-state index contributed by atoms with van der Waals surface area (Å²) in [5.41, 5.74) is 6.64. The summed E-state index contributed by atoms with van der Waals surface area (Å²) in [5.74, 6) is 0. The molecule has 0 atom stereocenters. The Bertz CT molecular complexity index is 1050. The fourth-order valence-corrected chi connectivity index (χ4v) is 3.19. The molecule has 0 aliphatic carbocycles. The first kappa shape index (κ1) is 14.9. The van der Waals surface area contributed by atoms with E-state index in [0.717, 1.165) is 27.6 Å². The lowest BCUT2D eigenvalue weighted by molar-refractivity contribution is 0.589. The molecule has 2 heteroatoms. The van der Waals surface area contributed by atoms with Crippen LogP contribution >= 0.6 is 0 Å². The van der Waals surface area contributed by atoms with Crippen LogP contribution in [0.4, 0.5) is 0 Å². The molecule has 0 spiro atoms. The summed E-state index contributed by atoms with van der Waals surface area (Å²) in [6, 6.07) is 16.8. The van der Waals surface area contributed by atoms with E-state index in [1.165, 1.54) is 16.7 Å². The highest BCUT2D eigenvalue weighted by atomic mass is 16.3. The molecule has 0 radical (unpaired) electrons. The second-order valence-electron chi connectivity index (χ2n) is 7.44. The molecule has 4 aromatic rings. The maximum absolute atomic E-state index is 5.98. The number of pyridine rings is 1. The molecule has 2 heterocycles. The van der Waals surface area contributed by atoms with Crippen molar-refractivity contribution >= 4 is 21.9 Å². The molecule has 0 unspecified atom stereocenters. The number of aryl methyl sites for hydroxylation is 1. The lowest BCUT2D eigenvalue weighted by atomic mass is 9.86. The Morgan fingerprint density at radius 1 is 0.875 bits per heavy atom. The zero-order valence-electron chi connectivity index (χ0n) is 14.6. The van der Waals surface area contributed by atoms with Gasteiger partial charge in [-0.3, -0.25) is 4.98 Å². The average molecular weight is 315 g/mol. The normalized spacial score (nSPS) is 12.2. The summed E-state index contributed by atoms with van der Waals surface area (Å²) in [5, 5.41) is 2.30. The molecule has 0 amide bonds. The predicted molar refractivity (Wildman–Crippen MR) is 100 cm³/mol.